The number of halogens is 2. The maximum absolute atomic E-state index is 11.0. The molecule has 2 aliphatic carbocycles. The monoisotopic (exact) mass is 327 g/mol. The highest BCUT2D eigenvalue weighted by molar-refractivity contribution is 6.42. The third kappa shape index (κ3) is 2.45. The highest BCUT2D eigenvalue weighted by Crippen LogP contribution is 2.51. The lowest BCUT2D eigenvalue weighted by Gasteiger charge is -2.48. The summed E-state index contributed by atoms with van der Waals surface area (Å²) in [5.74, 6) is -0.0512. The van der Waals surface area contributed by atoms with E-state index in [0.29, 0.717) is 10.0 Å². The van der Waals surface area contributed by atoms with E-state index in [-0.39, 0.29) is 11.3 Å². The van der Waals surface area contributed by atoms with Crippen molar-refractivity contribution in [3.8, 4) is 0 Å². The Morgan fingerprint density at radius 3 is 2.52 bits per heavy atom. The lowest BCUT2D eigenvalue weighted by atomic mass is 9.58. The first-order valence-corrected chi connectivity index (χ1v) is 8.18. The van der Waals surface area contributed by atoms with Crippen molar-refractivity contribution in [1.82, 2.24) is 0 Å². The average molecular weight is 328 g/mol. The van der Waals surface area contributed by atoms with E-state index >= 15 is 0 Å². The summed E-state index contributed by atoms with van der Waals surface area (Å²) in [6.07, 6.45) is 5.05. The minimum Gasteiger partial charge on any atom is -0.411 e. The van der Waals surface area contributed by atoms with E-state index < -0.39 is 6.10 Å². The number of oxime groups is 1. The van der Waals surface area contributed by atoms with Crippen molar-refractivity contribution in [1.29, 1.82) is 0 Å². The molecule has 0 spiro atoms. The van der Waals surface area contributed by atoms with Crippen LogP contribution in [-0.2, 0) is 5.41 Å². The predicted octanol–water partition coefficient (Wildman–Crippen LogP) is 4.41. The van der Waals surface area contributed by atoms with E-state index in [9.17, 15) is 5.11 Å². The van der Waals surface area contributed by atoms with Crippen molar-refractivity contribution in [2.75, 3.05) is 0 Å². The van der Waals surface area contributed by atoms with Gasteiger partial charge in [0.15, 0.2) is 0 Å². The quantitative estimate of drug-likeness (QED) is 0.638. The lowest BCUT2D eigenvalue weighted by Crippen LogP contribution is -2.50. The van der Waals surface area contributed by atoms with Gasteiger partial charge in [0.2, 0.25) is 0 Å². The summed E-state index contributed by atoms with van der Waals surface area (Å²) >= 11 is 12.1. The van der Waals surface area contributed by atoms with Crippen LogP contribution in [0.5, 0.6) is 0 Å². The molecule has 0 bridgehead atoms. The van der Waals surface area contributed by atoms with Gasteiger partial charge in [0, 0.05) is 11.3 Å². The smallest absolute Gasteiger partial charge is 0.0718 e. The molecule has 0 radical (unpaired) electrons. The molecule has 0 aliphatic heterocycles. The maximum atomic E-state index is 11.0. The van der Waals surface area contributed by atoms with Crippen molar-refractivity contribution in [3.05, 3.63) is 33.8 Å². The second-order valence-electron chi connectivity index (χ2n) is 6.17. The summed E-state index contributed by atoms with van der Waals surface area (Å²) in [4.78, 5) is 0. The first kappa shape index (κ1) is 15.1. The summed E-state index contributed by atoms with van der Waals surface area (Å²) in [6, 6.07) is 5.62. The van der Waals surface area contributed by atoms with Crippen LogP contribution in [0, 0.1) is 5.92 Å². The van der Waals surface area contributed by atoms with Crippen molar-refractivity contribution < 1.29 is 10.3 Å². The molecule has 0 saturated heterocycles. The Morgan fingerprint density at radius 1 is 1.19 bits per heavy atom. The van der Waals surface area contributed by atoms with Gasteiger partial charge in [0.1, 0.15) is 0 Å². The molecule has 2 atom stereocenters. The molecule has 0 amide bonds. The Labute approximate surface area is 134 Å². The molecule has 2 fully saturated rings. The van der Waals surface area contributed by atoms with E-state index in [2.05, 4.69) is 5.16 Å². The summed E-state index contributed by atoms with van der Waals surface area (Å²) in [6.45, 7) is 0. The largest absolute Gasteiger partial charge is 0.411 e. The topological polar surface area (TPSA) is 52.8 Å². The second-order valence-corrected chi connectivity index (χ2v) is 6.99. The second kappa shape index (κ2) is 5.79. The first-order chi connectivity index (χ1) is 10.1. The molecule has 3 rings (SSSR count). The van der Waals surface area contributed by atoms with Crippen molar-refractivity contribution in [3.63, 3.8) is 0 Å². The molecule has 0 heterocycles. The fraction of sp³-hybridized carbons (Fsp3) is 0.562. The molecule has 1 aromatic carbocycles. The van der Waals surface area contributed by atoms with E-state index in [1.807, 2.05) is 12.1 Å². The lowest BCUT2D eigenvalue weighted by molar-refractivity contribution is 0.00422. The molecule has 2 aliphatic rings. The van der Waals surface area contributed by atoms with Crippen LogP contribution >= 0.6 is 23.2 Å². The number of rotatable bonds is 3. The SMILES string of the molecule is ON=C1CCCC1[C@H](O)C1(c2ccc(Cl)c(Cl)c2)CCC1. The highest BCUT2D eigenvalue weighted by Gasteiger charge is 2.49. The normalized spacial score (nSPS) is 27.6. The molecule has 1 unspecified atom stereocenters. The molecular weight excluding hydrogens is 309 g/mol. The predicted molar refractivity (Wildman–Crippen MR) is 84.6 cm³/mol. The molecular formula is C16H19Cl2NO2. The van der Waals surface area contributed by atoms with Crippen LogP contribution in [0.4, 0.5) is 0 Å². The zero-order valence-electron chi connectivity index (χ0n) is 11.7. The summed E-state index contributed by atoms with van der Waals surface area (Å²) in [5.41, 5.74) is 1.49. The number of benzene rings is 1. The Morgan fingerprint density at radius 2 is 1.95 bits per heavy atom. The van der Waals surface area contributed by atoms with E-state index in [1.54, 1.807) is 6.07 Å². The van der Waals surface area contributed by atoms with Crippen LogP contribution in [0.2, 0.25) is 10.0 Å². The molecule has 2 saturated carbocycles. The highest BCUT2D eigenvalue weighted by atomic mass is 35.5. The van der Waals surface area contributed by atoms with Crippen LogP contribution in [-0.4, -0.2) is 22.1 Å². The van der Waals surface area contributed by atoms with Crippen LogP contribution in [0.15, 0.2) is 23.4 Å². The van der Waals surface area contributed by atoms with Crippen LogP contribution in [0.25, 0.3) is 0 Å². The zero-order chi connectivity index (χ0) is 15.0. The Hall–Kier alpha value is -0.770. The van der Waals surface area contributed by atoms with Gasteiger partial charge in [0.05, 0.1) is 21.9 Å². The number of aliphatic hydroxyl groups excluding tert-OH is 1. The minimum atomic E-state index is -0.531. The van der Waals surface area contributed by atoms with Gasteiger partial charge in [-0.2, -0.15) is 0 Å². The molecule has 21 heavy (non-hydrogen) atoms. The number of hydrogen-bond donors (Lipinski definition) is 2. The Balaban J connectivity index is 1.94. The van der Waals surface area contributed by atoms with Crippen molar-refractivity contribution >= 4 is 28.9 Å². The summed E-state index contributed by atoms with van der Waals surface area (Å²) in [7, 11) is 0. The fourth-order valence-corrected chi connectivity index (χ4v) is 4.12. The molecule has 114 valence electrons. The van der Waals surface area contributed by atoms with Gasteiger partial charge in [0.25, 0.3) is 0 Å². The summed E-state index contributed by atoms with van der Waals surface area (Å²) < 4.78 is 0. The van der Waals surface area contributed by atoms with Gasteiger partial charge in [-0.1, -0.05) is 40.8 Å². The van der Waals surface area contributed by atoms with Crippen molar-refractivity contribution in [2.24, 2.45) is 11.1 Å². The Kier molecular flexibility index (Phi) is 4.17. The van der Waals surface area contributed by atoms with Gasteiger partial charge >= 0.3 is 0 Å². The third-order valence-corrected chi connectivity index (χ3v) is 5.93. The van der Waals surface area contributed by atoms with Crippen LogP contribution in [0.3, 0.4) is 0 Å². The molecule has 0 aromatic heterocycles. The van der Waals surface area contributed by atoms with Gasteiger partial charge in [-0.3, -0.25) is 0 Å². The van der Waals surface area contributed by atoms with Crippen molar-refractivity contribution in [2.45, 2.75) is 50.0 Å². The number of nitrogens with zero attached hydrogens (tertiary/aromatic N) is 1. The van der Waals surface area contributed by atoms with Gasteiger partial charge in [-0.25, -0.2) is 0 Å². The van der Waals surface area contributed by atoms with E-state index in [0.717, 1.165) is 49.8 Å². The number of hydrogen-bond acceptors (Lipinski definition) is 3. The standard InChI is InChI=1S/C16H19Cl2NO2/c17-12-6-5-10(9-13(12)18)16(7-2-8-16)15(20)11-3-1-4-14(11)19-21/h5-6,9,11,15,20-21H,1-4,7-8H2/t11?,15-/m0/s1. The van der Waals surface area contributed by atoms with Crippen LogP contribution in [0.1, 0.15) is 44.1 Å². The number of aliphatic hydroxyl groups is 1. The fourth-order valence-electron chi connectivity index (χ4n) is 3.82. The van der Waals surface area contributed by atoms with Crippen LogP contribution < -0.4 is 0 Å². The van der Waals surface area contributed by atoms with Gasteiger partial charge < -0.3 is 10.3 Å². The molecule has 2 N–H and O–H groups in total. The third-order valence-electron chi connectivity index (χ3n) is 5.19. The van der Waals surface area contributed by atoms with Gasteiger partial charge in [-0.15, -0.1) is 0 Å². The zero-order valence-corrected chi connectivity index (χ0v) is 13.2. The van der Waals surface area contributed by atoms with E-state index in [1.165, 1.54) is 0 Å². The first-order valence-electron chi connectivity index (χ1n) is 7.43. The molecule has 1 aromatic rings. The minimum absolute atomic E-state index is 0.0512. The van der Waals surface area contributed by atoms with E-state index in [4.69, 9.17) is 28.4 Å². The van der Waals surface area contributed by atoms with Gasteiger partial charge in [-0.05, 0) is 49.8 Å². The molecule has 3 nitrogen and oxygen atoms in total. The Bertz CT molecular complexity index is 569. The average Bonchev–Trinajstić information content (AvgIpc) is 2.89. The maximum Gasteiger partial charge on any atom is 0.0718 e. The summed E-state index contributed by atoms with van der Waals surface area (Å²) in [5, 5.41) is 24.5. The molecule has 5 heteroatoms.